The van der Waals surface area contributed by atoms with E-state index in [9.17, 15) is 0 Å². The van der Waals surface area contributed by atoms with E-state index < -0.39 is 0 Å². The Bertz CT molecular complexity index is 156. The molecule has 0 radical (unpaired) electrons. The molecule has 0 aromatic carbocycles. The fourth-order valence-corrected chi connectivity index (χ4v) is 0. The summed E-state index contributed by atoms with van der Waals surface area (Å²) in [7, 11) is 0. The van der Waals surface area contributed by atoms with E-state index in [-0.39, 0.29) is 21.1 Å². The fourth-order valence-electron chi connectivity index (χ4n) is 0. The minimum atomic E-state index is 0. The molecule has 0 saturated heterocycles. The van der Waals surface area contributed by atoms with Crippen molar-refractivity contribution in [1.29, 1.82) is 0 Å². The molecule has 0 rings (SSSR count). The minimum Gasteiger partial charge on any atom is -0.753 e. The van der Waals surface area contributed by atoms with E-state index in [0.717, 1.165) is 0 Å². The van der Waals surface area contributed by atoms with Gasteiger partial charge in [-0.1, -0.05) is 48.9 Å². The molecule has 13 heavy (non-hydrogen) atoms. The molecule has 66 valence electrons. The zero-order valence-electron chi connectivity index (χ0n) is 5.83. The number of hydrogen-bond acceptors (Lipinski definition) is 4. The van der Waals surface area contributed by atoms with Crippen LogP contribution in [0.15, 0.2) is 0 Å². The summed E-state index contributed by atoms with van der Waals surface area (Å²) in [5, 5.41) is 33.9. The molecular weight excluding hydrogens is 328 g/mol. The van der Waals surface area contributed by atoms with Crippen molar-refractivity contribution in [3.05, 3.63) is 21.6 Å². The molecule has 0 unspecified atom stereocenters. The van der Waals surface area contributed by atoms with E-state index in [2.05, 4.69) is 48.9 Å². The van der Waals surface area contributed by atoms with Crippen molar-refractivity contribution in [1.82, 2.24) is 0 Å². The van der Waals surface area contributed by atoms with Crippen LogP contribution in [-0.4, -0.2) is 20.6 Å². The predicted octanol–water partition coefficient (Wildman–Crippen LogP) is 2.63. The molecule has 0 bridgehead atoms. The number of rotatable bonds is 0. The van der Waals surface area contributed by atoms with E-state index in [1.165, 1.54) is 20.6 Å². The molecule has 0 aliphatic rings. The molecule has 0 aromatic rings. The molecule has 0 aliphatic heterocycles. The maximum Gasteiger partial charge on any atom is 4.00 e. The SMILES string of the molecule is [Mo+4].[N-]=C=S.[N-]=C=S.[N-]=C=S.[N-]=C=S. The summed E-state index contributed by atoms with van der Waals surface area (Å²) in [6, 6.07) is 0. The Morgan fingerprint density at radius 1 is 0.538 bits per heavy atom. The number of isothiocyanates is 4. The van der Waals surface area contributed by atoms with Gasteiger partial charge in [0.2, 0.25) is 0 Å². The monoisotopic (exact) mass is 330 g/mol. The first kappa shape index (κ1) is 29.3. The third-order valence-electron chi connectivity index (χ3n) is 0. The molecule has 0 heterocycles. The van der Waals surface area contributed by atoms with Crippen LogP contribution in [0.4, 0.5) is 0 Å². The Balaban J connectivity index is -0.0000000213. The average molecular weight is 328 g/mol. The van der Waals surface area contributed by atoms with Crippen LogP contribution >= 0.6 is 48.9 Å². The van der Waals surface area contributed by atoms with Crippen LogP contribution in [0.5, 0.6) is 0 Å². The van der Waals surface area contributed by atoms with Gasteiger partial charge in [0.1, 0.15) is 0 Å². The summed E-state index contributed by atoms with van der Waals surface area (Å²) in [6.45, 7) is 0. The largest absolute Gasteiger partial charge is 4.00 e. The van der Waals surface area contributed by atoms with Crippen molar-refractivity contribution in [3.63, 3.8) is 0 Å². The second-order valence-corrected chi connectivity index (χ2v) is 1.10. The second-order valence-electron chi connectivity index (χ2n) is 0.365. The van der Waals surface area contributed by atoms with Gasteiger partial charge >= 0.3 is 21.1 Å². The molecule has 9 heteroatoms. The van der Waals surface area contributed by atoms with Crippen LogP contribution in [-0.2, 0) is 21.1 Å². The smallest absolute Gasteiger partial charge is 0.753 e. The quantitative estimate of drug-likeness (QED) is 0.388. The van der Waals surface area contributed by atoms with E-state index in [1.807, 2.05) is 0 Å². The topological polar surface area (TPSA) is 89.2 Å². The fraction of sp³-hybridized carbons (Fsp3) is 0. The van der Waals surface area contributed by atoms with Gasteiger partial charge in [-0.05, 0) is 0 Å². The maximum absolute atomic E-state index is 7.13. The molecule has 0 fully saturated rings. The summed E-state index contributed by atoms with van der Waals surface area (Å²) < 4.78 is 0. The van der Waals surface area contributed by atoms with Crippen molar-refractivity contribution >= 4 is 69.5 Å². The van der Waals surface area contributed by atoms with Gasteiger partial charge in [-0.25, -0.2) is 0 Å². The Labute approximate surface area is 111 Å². The third-order valence-corrected chi connectivity index (χ3v) is 0. The summed E-state index contributed by atoms with van der Waals surface area (Å²) >= 11 is 14.8. The second kappa shape index (κ2) is 93.2. The van der Waals surface area contributed by atoms with Crippen molar-refractivity contribution in [2.45, 2.75) is 0 Å². The van der Waals surface area contributed by atoms with E-state index in [0.29, 0.717) is 0 Å². The van der Waals surface area contributed by atoms with Gasteiger partial charge in [0.05, 0.1) is 0 Å². The predicted molar refractivity (Wildman–Crippen MR) is 63.8 cm³/mol. The van der Waals surface area contributed by atoms with Crippen LogP contribution in [0.25, 0.3) is 21.6 Å². The average Bonchev–Trinajstić information content (AvgIpc) is 1.92. The molecule has 0 aliphatic carbocycles. The van der Waals surface area contributed by atoms with Gasteiger partial charge in [-0.15, -0.1) is 0 Å². The first-order chi connectivity index (χ1) is 5.66. The van der Waals surface area contributed by atoms with Crippen LogP contribution in [0.1, 0.15) is 0 Å². The summed E-state index contributed by atoms with van der Waals surface area (Å²) in [5.41, 5.74) is 0. The van der Waals surface area contributed by atoms with Crippen molar-refractivity contribution < 1.29 is 21.1 Å². The maximum atomic E-state index is 7.13. The number of thiocarbonyl (C=S) groups is 4. The zero-order chi connectivity index (χ0) is 10.8. The third kappa shape index (κ3) is 93200. The van der Waals surface area contributed by atoms with Crippen LogP contribution in [0, 0.1) is 0 Å². The summed E-state index contributed by atoms with van der Waals surface area (Å²) in [6.07, 6.45) is 0. The van der Waals surface area contributed by atoms with Crippen LogP contribution in [0.3, 0.4) is 0 Å². The standard InChI is InChI=1S/4CNS.Mo/c4*2-1-3;/q4*-1;+4. The first-order valence-corrected chi connectivity index (χ1v) is 3.34. The number of hydrogen-bond donors (Lipinski definition) is 0. The van der Waals surface area contributed by atoms with E-state index >= 15 is 0 Å². The minimum absolute atomic E-state index is 0. The first-order valence-electron chi connectivity index (χ1n) is 1.71. The van der Waals surface area contributed by atoms with Crippen LogP contribution < -0.4 is 0 Å². The molecule has 0 spiro atoms. The van der Waals surface area contributed by atoms with E-state index in [1.54, 1.807) is 0 Å². The Kier molecular flexibility index (Phi) is 210. The summed E-state index contributed by atoms with van der Waals surface area (Å²) in [4.78, 5) is 0. The molecule has 0 atom stereocenters. The van der Waals surface area contributed by atoms with E-state index in [4.69, 9.17) is 21.6 Å². The normalized spacial score (nSPS) is 2.46. The Morgan fingerprint density at radius 3 is 0.538 bits per heavy atom. The Morgan fingerprint density at radius 2 is 0.538 bits per heavy atom. The van der Waals surface area contributed by atoms with Gasteiger partial charge < -0.3 is 21.6 Å². The molecule has 0 amide bonds. The zero-order valence-corrected chi connectivity index (χ0v) is 11.1. The molecule has 0 aromatic heterocycles. The van der Waals surface area contributed by atoms with Gasteiger partial charge in [0.25, 0.3) is 0 Å². The van der Waals surface area contributed by atoms with Crippen molar-refractivity contribution in [3.8, 4) is 0 Å². The van der Waals surface area contributed by atoms with Crippen LogP contribution in [0.2, 0.25) is 0 Å². The molecule has 0 N–H and O–H groups in total. The van der Waals surface area contributed by atoms with Gasteiger partial charge in [0, 0.05) is 0 Å². The van der Waals surface area contributed by atoms with Gasteiger partial charge in [0.15, 0.2) is 0 Å². The Hall–Kier alpha value is -0.112. The molecular formula is C4MoN4S4. The molecule has 0 saturated carbocycles. The molecule has 4 nitrogen and oxygen atoms in total. The summed E-state index contributed by atoms with van der Waals surface area (Å²) in [5.74, 6) is 0. The van der Waals surface area contributed by atoms with Crippen molar-refractivity contribution in [2.75, 3.05) is 0 Å². The van der Waals surface area contributed by atoms with Crippen molar-refractivity contribution in [2.24, 2.45) is 0 Å². The van der Waals surface area contributed by atoms with Gasteiger partial charge in [-0.2, -0.15) is 20.6 Å². The van der Waals surface area contributed by atoms with Gasteiger partial charge in [-0.3, -0.25) is 0 Å². The number of nitrogens with zero attached hydrogens (tertiary/aromatic N) is 4.